The van der Waals surface area contributed by atoms with Crippen LogP contribution in [0.15, 0.2) is 30.9 Å². The first kappa shape index (κ1) is 12.9. The van der Waals surface area contributed by atoms with Gasteiger partial charge < -0.3 is 5.32 Å². The monoisotopic (exact) mass is 214 g/mol. The Bertz CT molecular complexity index is 369. The Morgan fingerprint density at radius 1 is 1.44 bits per heavy atom. The Hall–Kier alpha value is -1.18. The Balaban J connectivity index is 3.35. The molecule has 0 aliphatic heterocycles. The van der Waals surface area contributed by atoms with E-state index in [1.165, 1.54) is 16.8 Å². The summed E-state index contributed by atoms with van der Waals surface area (Å²) in [4.78, 5) is 0. The summed E-state index contributed by atoms with van der Waals surface area (Å²) in [5, 5.41) is 3.27. The summed E-state index contributed by atoms with van der Waals surface area (Å²) in [5.41, 5.74) is 3.92. The molecule has 1 aromatic carbocycles. The normalized spacial score (nSPS) is 11.0. The van der Waals surface area contributed by atoms with E-state index < -0.39 is 0 Å². The van der Waals surface area contributed by atoms with Crippen LogP contribution in [-0.2, 0) is 11.7 Å². The molecule has 0 fully saturated rings. The van der Waals surface area contributed by atoms with Crippen molar-refractivity contribution in [1.29, 1.82) is 0 Å². The number of hydrogen-bond donors (Lipinski definition) is 1. The summed E-state index contributed by atoms with van der Waals surface area (Å²) in [6.07, 6.45) is 3.02. The highest BCUT2D eigenvalue weighted by molar-refractivity contribution is 6.33. The molecule has 1 rings (SSSR count). The maximum absolute atomic E-state index is 3.95. The van der Waals surface area contributed by atoms with E-state index in [-0.39, 0.29) is 5.41 Å². The number of hydrogen-bond acceptors (Lipinski definition) is 1. The van der Waals surface area contributed by atoms with E-state index in [0.29, 0.717) is 0 Å². The first-order chi connectivity index (χ1) is 7.56. The molecule has 0 spiro atoms. The van der Waals surface area contributed by atoms with E-state index in [1.54, 1.807) is 0 Å². The second kappa shape index (κ2) is 5.24. The summed E-state index contributed by atoms with van der Waals surface area (Å²) < 4.78 is 0. The fourth-order valence-electron chi connectivity index (χ4n) is 2.06. The molecule has 0 heterocycles. The highest BCUT2D eigenvalue weighted by atomic mass is 14.8. The van der Waals surface area contributed by atoms with Crippen molar-refractivity contribution in [3.05, 3.63) is 42.0 Å². The van der Waals surface area contributed by atoms with Gasteiger partial charge in [0, 0.05) is 18.2 Å². The van der Waals surface area contributed by atoms with Gasteiger partial charge in [-0.3, -0.25) is 0 Å². The third-order valence-corrected chi connectivity index (χ3v) is 3.00. The zero-order valence-electron chi connectivity index (χ0n) is 10.8. The van der Waals surface area contributed by atoms with Crippen molar-refractivity contribution in [2.75, 3.05) is 12.4 Å². The molecule has 0 amide bonds. The summed E-state index contributed by atoms with van der Waals surface area (Å²) in [5.74, 6) is 0. The van der Waals surface area contributed by atoms with Gasteiger partial charge in [0.2, 0.25) is 0 Å². The van der Waals surface area contributed by atoms with E-state index in [2.05, 4.69) is 58.0 Å². The van der Waals surface area contributed by atoms with Gasteiger partial charge in [-0.05, 0) is 17.2 Å². The molecule has 0 atom stereocenters. The lowest BCUT2D eigenvalue weighted by Gasteiger charge is -2.27. The predicted molar refractivity (Wildman–Crippen MR) is 74.5 cm³/mol. The number of nitrogens with one attached hydrogen (secondary N) is 1. The number of benzene rings is 1. The first-order valence-corrected chi connectivity index (χ1v) is 5.78. The molecule has 16 heavy (non-hydrogen) atoms. The molecule has 0 aliphatic rings. The average Bonchev–Trinajstić information content (AvgIpc) is 2.29. The zero-order valence-corrected chi connectivity index (χ0v) is 10.8. The van der Waals surface area contributed by atoms with Gasteiger partial charge in [0.15, 0.2) is 0 Å². The Labute approximate surface area is 100 Å². The lowest BCUT2D eigenvalue weighted by atomic mass is 9.70. The maximum Gasteiger partial charge on any atom is 0.111 e. The van der Waals surface area contributed by atoms with Crippen LogP contribution in [0.3, 0.4) is 0 Å². The van der Waals surface area contributed by atoms with Crippen LogP contribution in [0.1, 0.15) is 25.0 Å². The lowest BCUT2D eigenvalue weighted by molar-refractivity contribution is 0.667. The minimum absolute atomic E-state index is 0.00204. The highest BCUT2D eigenvalue weighted by Crippen LogP contribution is 2.34. The minimum Gasteiger partial charge on any atom is -0.388 e. The van der Waals surface area contributed by atoms with Crippen molar-refractivity contribution in [2.45, 2.75) is 32.4 Å². The van der Waals surface area contributed by atoms with Crippen LogP contribution in [0.25, 0.3) is 0 Å². The maximum atomic E-state index is 3.95. The molecule has 1 radical (unpaired) electrons. The van der Waals surface area contributed by atoms with Gasteiger partial charge in [0.05, 0.1) is 0 Å². The quantitative estimate of drug-likeness (QED) is 0.584. The molecule has 0 saturated heterocycles. The summed E-state index contributed by atoms with van der Waals surface area (Å²) in [6, 6.07) is 6.43. The molecule has 0 saturated carbocycles. The van der Waals surface area contributed by atoms with Crippen molar-refractivity contribution in [1.82, 2.24) is 0 Å². The van der Waals surface area contributed by atoms with Gasteiger partial charge in [-0.25, -0.2) is 0 Å². The van der Waals surface area contributed by atoms with E-state index in [0.717, 1.165) is 6.32 Å². The largest absolute Gasteiger partial charge is 0.388 e. The van der Waals surface area contributed by atoms with E-state index in [9.17, 15) is 0 Å². The van der Waals surface area contributed by atoms with Crippen molar-refractivity contribution < 1.29 is 0 Å². The van der Waals surface area contributed by atoms with Crippen LogP contribution in [0, 0.1) is 0 Å². The SMILES string of the molecule is C=CC(C)(C)c1c(C[B]C)cccc1NC. The number of anilines is 1. The van der Waals surface area contributed by atoms with E-state index >= 15 is 0 Å². The van der Waals surface area contributed by atoms with Gasteiger partial charge >= 0.3 is 0 Å². The fourth-order valence-corrected chi connectivity index (χ4v) is 2.06. The summed E-state index contributed by atoms with van der Waals surface area (Å²) in [7, 11) is 4.16. The molecular formula is C14H21BN. The van der Waals surface area contributed by atoms with Gasteiger partial charge in [-0.15, -0.1) is 6.58 Å². The molecular weight excluding hydrogens is 193 g/mol. The third-order valence-electron chi connectivity index (χ3n) is 3.00. The molecule has 1 N–H and O–H groups in total. The molecule has 0 unspecified atom stereocenters. The van der Waals surface area contributed by atoms with Crippen LogP contribution in [-0.4, -0.2) is 14.3 Å². The summed E-state index contributed by atoms with van der Waals surface area (Å²) >= 11 is 0. The molecule has 0 aromatic heterocycles. The molecule has 0 bridgehead atoms. The first-order valence-electron chi connectivity index (χ1n) is 5.78. The topological polar surface area (TPSA) is 12.0 Å². The Morgan fingerprint density at radius 2 is 2.12 bits per heavy atom. The second-order valence-electron chi connectivity index (χ2n) is 4.63. The van der Waals surface area contributed by atoms with Crippen LogP contribution < -0.4 is 5.32 Å². The van der Waals surface area contributed by atoms with Gasteiger partial charge in [-0.2, -0.15) is 0 Å². The van der Waals surface area contributed by atoms with E-state index in [4.69, 9.17) is 0 Å². The summed E-state index contributed by atoms with van der Waals surface area (Å²) in [6.45, 7) is 10.4. The zero-order chi connectivity index (χ0) is 12.2. The third kappa shape index (κ3) is 2.49. The lowest BCUT2D eigenvalue weighted by Crippen LogP contribution is -2.18. The highest BCUT2D eigenvalue weighted by Gasteiger charge is 2.22. The van der Waals surface area contributed by atoms with Gasteiger partial charge in [0.25, 0.3) is 0 Å². The van der Waals surface area contributed by atoms with Crippen molar-refractivity contribution in [3.8, 4) is 0 Å². The van der Waals surface area contributed by atoms with Gasteiger partial charge in [0.1, 0.15) is 7.28 Å². The van der Waals surface area contributed by atoms with Crippen molar-refractivity contribution >= 4 is 13.0 Å². The van der Waals surface area contributed by atoms with E-state index in [1.807, 2.05) is 13.1 Å². The number of allylic oxidation sites excluding steroid dienone is 1. The Kier molecular flexibility index (Phi) is 4.22. The van der Waals surface area contributed by atoms with Crippen LogP contribution in [0.4, 0.5) is 5.69 Å². The molecule has 2 heteroatoms. The molecule has 85 valence electrons. The van der Waals surface area contributed by atoms with Crippen LogP contribution in [0.5, 0.6) is 0 Å². The Morgan fingerprint density at radius 3 is 2.62 bits per heavy atom. The molecule has 1 aromatic rings. The predicted octanol–water partition coefficient (Wildman–Crippen LogP) is 3.44. The van der Waals surface area contributed by atoms with Gasteiger partial charge in [-0.1, -0.05) is 45.2 Å². The standard InChI is InChI=1S/C14H21BN/c1-6-14(2,3)13-11(10-15-4)8-7-9-12(13)16-5/h6-9,16H,1,10H2,2-5H3. The minimum atomic E-state index is -0.00204. The van der Waals surface area contributed by atoms with Crippen LogP contribution >= 0.6 is 0 Å². The second-order valence-corrected chi connectivity index (χ2v) is 4.63. The molecule has 1 nitrogen and oxygen atoms in total. The van der Waals surface area contributed by atoms with Crippen molar-refractivity contribution in [3.63, 3.8) is 0 Å². The fraction of sp³-hybridized carbons (Fsp3) is 0.429. The molecule has 0 aliphatic carbocycles. The smallest absolute Gasteiger partial charge is 0.111 e. The van der Waals surface area contributed by atoms with Crippen molar-refractivity contribution in [2.24, 2.45) is 0 Å². The van der Waals surface area contributed by atoms with Crippen LogP contribution in [0.2, 0.25) is 6.82 Å². The number of rotatable bonds is 5. The average molecular weight is 214 g/mol.